The number of aromatic amines is 1. The van der Waals surface area contributed by atoms with Gasteiger partial charge in [0.05, 0.1) is 0 Å². The first-order chi connectivity index (χ1) is 11.1. The van der Waals surface area contributed by atoms with Crippen molar-refractivity contribution in [2.45, 2.75) is 13.0 Å². The zero-order chi connectivity index (χ0) is 16.2. The average Bonchev–Trinajstić information content (AvgIpc) is 2.58. The molecule has 0 aliphatic rings. The summed E-state index contributed by atoms with van der Waals surface area (Å²) >= 11 is 0. The van der Waals surface area contributed by atoms with Crippen molar-refractivity contribution < 1.29 is 14.9 Å². The summed E-state index contributed by atoms with van der Waals surface area (Å²) in [5.41, 5.74) is 8.00. The van der Waals surface area contributed by atoms with Crippen molar-refractivity contribution in [1.82, 2.24) is 10.1 Å². The van der Waals surface area contributed by atoms with E-state index in [1.54, 1.807) is 36.7 Å². The van der Waals surface area contributed by atoms with Crippen molar-refractivity contribution >= 4 is 5.82 Å². The highest BCUT2D eigenvalue weighted by Crippen LogP contribution is 2.31. The number of hydrogen-bond acceptors (Lipinski definition) is 5. The summed E-state index contributed by atoms with van der Waals surface area (Å²) in [6, 6.07) is 12.4. The molecule has 0 bridgehead atoms. The van der Waals surface area contributed by atoms with Crippen LogP contribution < -0.4 is 15.6 Å². The third-order valence-electron chi connectivity index (χ3n) is 3.47. The van der Waals surface area contributed by atoms with E-state index in [0.717, 1.165) is 5.56 Å². The fourth-order valence-electron chi connectivity index (χ4n) is 2.21. The number of aromatic nitrogens is 3. The molecule has 23 heavy (non-hydrogen) atoms. The molecule has 2 heterocycles. The molecule has 0 aliphatic carbocycles. The molecule has 1 aromatic carbocycles. The van der Waals surface area contributed by atoms with E-state index >= 15 is 0 Å². The van der Waals surface area contributed by atoms with Crippen molar-refractivity contribution in [3.63, 3.8) is 0 Å². The highest BCUT2D eigenvalue weighted by molar-refractivity contribution is 5.68. The molecule has 0 saturated heterocycles. The fourth-order valence-corrected chi connectivity index (χ4v) is 2.21. The molecule has 2 aromatic heterocycles. The maximum absolute atomic E-state index is 9.95. The molecular formula is C17H17N4O2+. The number of benzene rings is 1. The number of nitrogens with one attached hydrogen (secondary N) is 1. The van der Waals surface area contributed by atoms with Gasteiger partial charge in [0, 0.05) is 29.6 Å². The van der Waals surface area contributed by atoms with Gasteiger partial charge in [-0.25, -0.2) is 0 Å². The van der Waals surface area contributed by atoms with Gasteiger partial charge in [0.2, 0.25) is 5.75 Å². The fraction of sp³-hybridized carbons (Fsp3) is 0.118. The van der Waals surface area contributed by atoms with Crippen molar-refractivity contribution in [3.8, 4) is 22.8 Å². The largest absolute Gasteiger partial charge is 0.507 e. The van der Waals surface area contributed by atoms with Gasteiger partial charge in [-0.3, -0.25) is 10.7 Å². The van der Waals surface area contributed by atoms with Gasteiger partial charge in [-0.05, 0) is 25.1 Å². The van der Waals surface area contributed by atoms with Gasteiger partial charge in [0.15, 0.2) is 0 Å². The topological polar surface area (TPSA) is 95.4 Å². The third-order valence-corrected chi connectivity index (χ3v) is 3.47. The minimum absolute atomic E-state index is 0.143. The third kappa shape index (κ3) is 3.21. The van der Waals surface area contributed by atoms with Crippen LogP contribution in [0.5, 0.6) is 11.5 Å². The number of aromatic hydroxyl groups is 1. The van der Waals surface area contributed by atoms with Crippen LogP contribution in [0, 0.1) is 0 Å². The van der Waals surface area contributed by atoms with Gasteiger partial charge in [-0.1, -0.05) is 23.3 Å². The number of phenolic OH excluding ortho intramolecular Hbond substituents is 1. The Balaban J connectivity index is 1.91. The standard InChI is InChI=1S/C17H16N4O2/c1-11(12-5-4-8-19-10-12)23-16-9-14(20-21-17(16)18)13-6-2-3-7-15(13)22/h2-11,22H,1H3,(H2,18,21)/p+1. The van der Waals surface area contributed by atoms with Crippen molar-refractivity contribution in [3.05, 3.63) is 60.4 Å². The molecule has 0 saturated carbocycles. The van der Waals surface area contributed by atoms with E-state index in [0.29, 0.717) is 22.8 Å². The molecule has 0 fully saturated rings. The van der Waals surface area contributed by atoms with Crippen LogP contribution >= 0.6 is 0 Å². The van der Waals surface area contributed by atoms with Crippen LogP contribution in [0.15, 0.2) is 54.9 Å². The van der Waals surface area contributed by atoms with Crippen LogP contribution in [-0.2, 0) is 0 Å². The van der Waals surface area contributed by atoms with Crippen molar-refractivity contribution in [1.29, 1.82) is 0 Å². The number of H-pyrrole nitrogens is 1. The Kier molecular flexibility index (Phi) is 4.05. The number of rotatable bonds is 4. The molecule has 0 spiro atoms. The van der Waals surface area contributed by atoms with Gasteiger partial charge in [0.25, 0.3) is 0 Å². The summed E-state index contributed by atoms with van der Waals surface area (Å²) in [5.74, 6) is 0.930. The number of nitrogen functional groups attached to an aromatic ring is 1. The summed E-state index contributed by atoms with van der Waals surface area (Å²) in [5, 5.41) is 16.8. The second kappa shape index (κ2) is 6.31. The predicted molar refractivity (Wildman–Crippen MR) is 85.6 cm³/mol. The highest BCUT2D eigenvalue weighted by atomic mass is 16.5. The number of para-hydroxylation sites is 1. The number of anilines is 1. The van der Waals surface area contributed by atoms with Crippen molar-refractivity contribution in [2.24, 2.45) is 0 Å². The Labute approximate surface area is 133 Å². The Hall–Kier alpha value is -3.15. The maximum Gasteiger partial charge on any atom is 0.333 e. The molecule has 0 radical (unpaired) electrons. The first-order valence-electron chi connectivity index (χ1n) is 7.18. The minimum atomic E-state index is -0.223. The lowest BCUT2D eigenvalue weighted by atomic mass is 10.1. The molecule has 6 nitrogen and oxygen atoms in total. The summed E-state index contributed by atoms with van der Waals surface area (Å²) in [6.07, 6.45) is 3.23. The zero-order valence-electron chi connectivity index (χ0n) is 12.6. The van der Waals surface area contributed by atoms with Crippen LogP contribution in [0.4, 0.5) is 5.82 Å². The summed E-state index contributed by atoms with van der Waals surface area (Å²) in [7, 11) is 0. The molecule has 1 atom stereocenters. The van der Waals surface area contributed by atoms with Gasteiger partial charge < -0.3 is 9.84 Å². The van der Waals surface area contributed by atoms with E-state index in [9.17, 15) is 5.11 Å². The number of ether oxygens (including phenoxy) is 1. The first kappa shape index (κ1) is 14.8. The Morgan fingerprint density at radius 3 is 2.78 bits per heavy atom. The van der Waals surface area contributed by atoms with Gasteiger partial charge in [-0.2, -0.15) is 0 Å². The number of nitrogens with two attached hydrogens (primary N) is 1. The number of phenols is 1. The van der Waals surface area contributed by atoms with E-state index in [2.05, 4.69) is 15.2 Å². The van der Waals surface area contributed by atoms with E-state index in [1.807, 2.05) is 25.1 Å². The smallest absolute Gasteiger partial charge is 0.333 e. The molecule has 1 unspecified atom stereocenters. The average molecular weight is 309 g/mol. The Morgan fingerprint density at radius 1 is 1.22 bits per heavy atom. The van der Waals surface area contributed by atoms with Crippen LogP contribution in [0.25, 0.3) is 11.3 Å². The first-order valence-corrected chi connectivity index (χ1v) is 7.18. The Bertz CT molecular complexity index is 809. The lowest BCUT2D eigenvalue weighted by molar-refractivity contribution is -0.438. The van der Waals surface area contributed by atoms with Crippen LogP contribution in [0.2, 0.25) is 0 Å². The molecule has 116 valence electrons. The highest BCUT2D eigenvalue weighted by Gasteiger charge is 2.17. The summed E-state index contributed by atoms with van der Waals surface area (Å²) in [4.78, 5) is 4.08. The molecule has 3 aromatic rings. The van der Waals surface area contributed by atoms with Crippen LogP contribution in [0.1, 0.15) is 18.6 Å². The van der Waals surface area contributed by atoms with Crippen LogP contribution in [0.3, 0.4) is 0 Å². The van der Waals surface area contributed by atoms with E-state index in [-0.39, 0.29) is 11.9 Å². The summed E-state index contributed by atoms with van der Waals surface area (Å²) < 4.78 is 5.92. The monoisotopic (exact) mass is 309 g/mol. The maximum atomic E-state index is 9.95. The van der Waals surface area contributed by atoms with Gasteiger partial charge in [-0.15, -0.1) is 5.10 Å². The number of hydrogen-bond donors (Lipinski definition) is 2. The second-order valence-corrected chi connectivity index (χ2v) is 5.09. The van der Waals surface area contributed by atoms with E-state index in [1.165, 1.54) is 0 Å². The van der Waals surface area contributed by atoms with E-state index < -0.39 is 0 Å². The molecule has 0 aliphatic heterocycles. The normalized spacial score (nSPS) is 11.9. The quantitative estimate of drug-likeness (QED) is 0.771. The lowest BCUT2D eigenvalue weighted by Gasteiger charge is -2.14. The SMILES string of the molecule is CC(Oc1cc(-c2ccccc2O)n[nH+]c1N)c1cccnc1. The van der Waals surface area contributed by atoms with Crippen molar-refractivity contribution in [2.75, 3.05) is 5.73 Å². The summed E-state index contributed by atoms with van der Waals surface area (Å²) in [6.45, 7) is 1.91. The molecular weight excluding hydrogens is 292 g/mol. The molecule has 0 amide bonds. The predicted octanol–water partition coefficient (Wildman–Crippen LogP) is 2.39. The lowest BCUT2D eigenvalue weighted by Crippen LogP contribution is -2.18. The zero-order valence-corrected chi connectivity index (χ0v) is 12.6. The number of pyridine rings is 1. The van der Waals surface area contributed by atoms with E-state index in [4.69, 9.17) is 10.5 Å². The minimum Gasteiger partial charge on any atom is -0.507 e. The second-order valence-electron chi connectivity index (χ2n) is 5.09. The van der Waals surface area contributed by atoms with Gasteiger partial charge >= 0.3 is 5.82 Å². The molecule has 4 N–H and O–H groups in total. The Morgan fingerprint density at radius 2 is 2.04 bits per heavy atom. The number of nitrogens with zero attached hydrogens (tertiary/aromatic N) is 2. The molecule has 3 rings (SSSR count). The van der Waals surface area contributed by atoms with Crippen LogP contribution in [-0.4, -0.2) is 15.2 Å². The molecule has 6 heteroatoms. The van der Waals surface area contributed by atoms with Gasteiger partial charge in [0.1, 0.15) is 17.5 Å².